The van der Waals surface area contributed by atoms with Gasteiger partial charge in [-0.1, -0.05) is 48.0 Å². The third-order valence-corrected chi connectivity index (χ3v) is 7.67. The number of thioether (sulfide) groups is 1. The number of ether oxygens (including phenoxy) is 1. The van der Waals surface area contributed by atoms with Crippen LogP contribution in [0.15, 0.2) is 77.7 Å². The summed E-state index contributed by atoms with van der Waals surface area (Å²) in [4.78, 5) is 44.4. The van der Waals surface area contributed by atoms with E-state index in [1.165, 1.54) is 4.90 Å². The van der Waals surface area contributed by atoms with Crippen molar-refractivity contribution in [3.05, 3.63) is 99.4 Å². The minimum Gasteiger partial charge on any atom is -0.495 e. The van der Waals surface area contributed by atoms with Gasteiger partial charge in [-0.25, -0.2) is 0 Å². The Morgan fingerprint density at radius 2 is 1.74 bits per heavy atom. The first-order chi connectivity index (χ1) is 18.4. The van der Waals surface area contributed by atoms with Crippen LogP contribution in [0.25, 0.3) is 6.08 Å². The number of amides is 3. The number of rotatable bonds is 6. The number of halogens is 1. The van der Waals surface area contributed by atoms with E-state index in [4.69, 9.17) is 16.3 Å². The van der Waals surface area contributed by atoms with Crippen LogP contribution >= 0.6 is 23.4 Å². The lowest BCUT2D eigenvalue weighted by atomic mass is 10.1. The highest BCUT2D eigenvalue weighted by Gasteiger charge is 2.35. The number of carbonyl (C=O) groups excluding carboxylic acids is 3. The molecule has 0 bridgehead atoms. The van der Waals surface area contributed by atoms with Crippen LogP contribution in [0.2, 0.25) is 5.02 Å². The van der Waals surface area contributed by atoms with E-state index in [1.54, 1.807) is 49.6 Å². The Hall–Kier alpha value is -3.75. The zero-order chi connectivity index (χ0) is 26.6. The summed E-state index contributed by atoms with van der Waals surface area (Å²) in [7, 11) is 1.66. The predicted molar refractivity (Wildman–Crippen MR) is 151 cm³/mol. The van der Waals surface area contributed by atoms with E-state index in [0.717, 1.165) is 28.8 Å². The van der Waals surface area contributed by atoms with Crippen LogP contribution in [0.1, 0.15) is 21.5 Å². The summed E-state index contributed by atoms with van der Waals surface area (Å²) in [5.74, 6) is 0.398. The molecule has 194 valence electrons. The zero-order valence-electron chi connectivity index (χ0n) is 20.8. The number of anilines is 1. The van der Waals surface area contributed by atoms with E-state index < -0.39 is 0 Å². The monoisotopic (exact) mass is 547 g/mol. The highest BCUT2D eigenvalue weighted by atomic mass is 35.5. The number of nitrogens with zero attached hydrogens (tertiary/aromatic N) is 3. The van der Waals surface area contributed by atoms with Crippen LogP contribution in [0.4, 0.5) is 10.5 Å². The normalized spacial score (nSPS) is 16.9. The average Bonchev–Trinajstić information content (AvgIpc) is 3.20. The zero-order valence-corrected chi connectivity index (χ0v) is 22.4. The fourth-order valence-electron chi connectivity index (χ4n) is 4.59. The first kappa shape index (κ1) is 25.9. The van der Waals surface area contributed by atoms with Crippen LogP contribution in [0, 0.1) is 0 Å². The predicted octanol–water partition coefficient (Wildman–Crippen LogP) is 5.55. The molecule has 2 aliphatic heterocycles. The van der Waals surface area contributed by atoms with Crippen molar-refractivity contribution in [3.8, 4) is 5.75 Å². The maximum absolute atomic E-state index is 13.3. The average molecular weight is 548 g/mol. The molecule has 2 aliphatic rings. The first-order valence-corrected chi connectivity index (χ1v) is 13.4. The van der Waals surface area contributed by atoms with E-state index in [-0.39, 0.29) is 23.6 Å². The van der Waals surface area contributed by atoms with Crippen LogP contribution < -0.4 is 9.64 Å². The van der Waals surface area contributed by atoms with Gasteiger partial charge in [-0.05, 0) is 65.4 Å². The molecule has 0 aliphatic carbocycles. The molecular formula is C29H26ClN3O4S. The molecule has 0 atom stereocenters. The largest absolute Gasteiger partial charge is 0.495 e. The number of para-hydroxylation sites is 2. The van der Waals surface area contributed by atoms with Gasteiger partial charge in [0.25, 0.3) is 17.1 Å². The van der Waals surface area contributed by atoms with E-state index in [9.17, 15) is 14.4 Å². The SMILES string of the molecule is COc1ccccc1N1CCN(C(=O)c2cccc(C=C3SC(=O)N(Cc4cccc(Cl)c4)C3=O)c2)CC1. The fraction of sp³-hybridized carbons (Fsp3) is 0.207. The van der Waals surface area contributed by atoms with Crippen LogP contribution in [0.3, 0.4) is 0 Å². The maximum Gasteiger partial charge on any atom is 0.293 e. The summed E-state index contributed by atoms with van der Waals surface area (Å²) in [6, 6.07) is 22.1. The van der Waals surface area contributed by atoms with Gasteiger partial charge in [0.05, 0.1) is 24.2 Å². The second-order valence-corrected chi connectivity index (χ2v) is 10.4. The molecule has 0 radical (unpaired) electrons. The van der Waals surface area contributed by atoms with Gasteiger partial charge in [-0.2, -0.15) is 0 Å². The summed E-state index contributed by atoms with van der Waals surface area (Å²) in [6.07, 6.45) is 1.67. The molecule has 7 nitrogen and oxygen atoms in total. The Morgan fingerprint density at radius 3 is 2.50 bits per heavy atom. The van der Waals surface area contributed by atoms with Crippen LogP contribution in [0.5, 0.6) is 5.75 Å². The molecule has 3 amide bonds. The number of carbonyl (C=O) groups is 3. The molecular weight excluding hydrogens is 522 g/mol. The molecule has 3 aromatic rings. The van der Waals surface area contributed by atoms with Gasteiger partial charge in [0.15, 0.2) is 0 Å². The van der Waals surface area contributed by atoms with Gasteiger partial charge < -0.3 is 14.5 Å². The number of hydrogen-bond donors (Lipinski definition) is 0. The minimum atomic E-state index is -0.357. The Balaban J connectivity index is 1.25. The summed E-state index contributed by atoms with van der Waals surface area (Å²) >= 11 is 6.94. The molecule has 0 spiro atoms. The van der Waals surface area contributed by atoms with E-state index >= 15 is 0 Å². The van der Waals surface area contributed by atoms with Crippen molar-refractivity contribution in [1.82, 2.24) is 9.80 Å². The lowest BCUT2D eigenvalue weighted by Crippen LogP contribution is -2.48. The molecule has 2 saturated heterocycles. The molecule has 0 saturated carbocycles. The van der Waals surface area contributed by atoms with Crippen molar-refractivity contribution >= 4 is 52.2 Å². The Kier molecular flexibility index (Phi) is 7.72. The van der Waals surface area contributed by atoms with Gasteiger partial charge in [-0.3, -0.25) is 19.3 Å². The Bertz CT molecular complexity index is 1420. The van der Waals surface area contributed by atoms with Gasteiger partial charge in [-0.15, -0.1) is 0 Å². The lowest BCUT2D eigenvalue weighted by molar-refractivity contribution is -0.123. The summed E-state index contributed by atoms with van der Waals surface area (Å²) < 4.78 is 5.48. The quantitative estimate of drug-likeness (QED) is 0.377. The van der Waals surface area contributed by atoms with Gasteiger partial charge >= 0.3 is 0 Å². The molecule has 0 unspecified atom stereocenters. The van der Waals surface area contributed by atoms with Gasteiger partial charge in [0.1, 0.15) is 5.75 Å². The second-order valence-electron chi connectivity index (χ2n) is 8.97. The standard InChI is InChI=1S/C29H26ClN3O4S/c1-37-25-11-3-2-10-24(25)31-12-14-32(15-13-31)27(34)22-8-4-6-20(16-22)18-26-28(35)33(29(36)38-26)19-21-7-5-9-23(30)17-21/h2-11,16-18H,12-15,19H2,1H3. The van der Waals surface area contributed by atoms with Crippen molar-refractivity contribution in [1.29, 1.82) is 0 Å². The third kappa shape index (κ3) is 5.56. The summed E-state index contributed by atoms with van der Waals surface area (Å²) in [5, 5.41) is 0.217. The number of hydrogen-bond acceptors (Lipinski definition) is 6. The minimum absolute atomic E-state index is 0.0611. The highest BCUT2D eigenvalue weighted by molar-refractivity contribution is 8.18. The molecule has 0 aromatic heterocycles. The number of imide groups is 1. The molecule has 3 aromatic carbocycles. The van der Waals surface area contributed by atoms with Crippen LogP contribution in [-0.2, 0) is 11.3 Å². The number of benzene rings is 3. The highest BCUT2D eigenvalue weighted by Crippen LogP contribution is 2.34. The maximum atomic E-state index is 13.3. The number of methoxy groups -OCH3 is 1. The van der Waals surface area contributed by atoms with Gasteiger partial charge in [0.2, 0.25) is 0 Å². The van der Waals surface area contributed by atoms with E-state index in [1.807, 2.05) is 41.3 Å². The Labute approximate surface area is 230 Å². The van der Waals surface area contributed by atoms with E-state index in [0.29, 0.717) is 47.2 Å². The van der Waals surface area contributed by atoms with Crippen LogP contribution in [-0.4, -0.2) is 60.1 Å². The number of piperazine rings is 1. The lowest BCUT2D eigenvalue weighted by Gasteiger charge is -2.36. The van der Waals surface area contributed by atoms with Crippen molar-refractivity contribution in [2.45, 2.75) is 6.54 Å². The molecule has 0 N–H and O–H groups in total. The molecule has 2 fully saturated rings. The van der Waals surface area contributed by atoms with Gasteiger partial charge in [0, 0.05) is 36.8 Å². The topological polar surface area (TPSA) is 70.2 Å². The van der Waals surface area contributed by atoms with Crippen molar-refractivity contribution in [3.63, 3.8) is 0 Å². The Morgan fingerprint density at radius 1 is 0.974 bits per heavy atom. The fourth-order valence-corrected chi connectivity index (χ4v) is 5.64. The van der Waals surface area contributed by atoms with Crippen molar-refractivity contribution < 1.29 is 19.1 Å². The van der Waals surface area contributed by atoms with E-state index in [2.05, 4.69) is 4.90 Å². The summed E-state index contributed by atoms with van der Waals surface area (Å²) in [6.45, 7) is 2.73. The molecule has 9 heteroatoms. The molecule has 2 heterocycles. The molecule has 38 heavy (non-hydrogen) atoms. The second kappa shape index (κ2) is 11.3. The first-order valence-electron chi connectivity index (χ1n) is 12.2. The smallest absolute Gasteiger partial charge is 0.293 e. The van der Waals surface area contributed by atoms with Crippen molar-refractivity contribution in [2.75, 3.05) is 38.2 Å². The molecule has 5 rings (SSSR count). The summed E-state index contributed by atoms with van der Waals surface area (Å²) in [5.41, 5.74) is 3.03. The third-order valence-electron chi connectivity index (χ3n) is 6.53. The van der Waals surface area contributed by atoms with Crippen molar-refractivity contribution in [2.24, 2.45) is 0 Å².